The van der Waals surface area contributed by atoms with Crippen molar-refractivity contribution in [2.24, 2.45) is 5.92 Å². The lowest BCUT2D eigenvalue weighted by molar-refractivity contribution is -0.192. The molecule has 216 valence electrons. The van der Waals surface area contributed by atoms with Crippen LogP contribution in [0.25, 0.3) is 0 Å². The average molecular weight is 563 g/mol. The van der Waals surface area contributed by atoms with Crippen LogP contribution in [-0.4, -0.2) is 41.4 Å². The third-order valence-electron chi connectivity index (χ3n) is 7.31. The molecule has 4 N–H and O–H groups in total. The lowest BCUT2D eigenvalue weighted by Crippen LogP contribution is -2.55. The highest BCUT2D eigenvalue weighted by atomic mass is 19.4. The molecule has 2 aliphatic rings. The molecule has 0 aliphatic heterocycles. The number of benzene rings is 2. The lowest BCUT2D eigenvalue weighted by Gasteiger charge is -2.38. The van der Waals surface area contributed by atoms with E-state index in [-0.39, 0.29) is 23.9 Å². The smallest absolute Gasteiger partial charge is 0.475 e. The van der Waals surface area contributed by atoms with Crippen LogP contribution < -0.4 is 16.0 Å². The minimum atomic E-state index is -5.08. The zero-order valence-electron chi connectivity index (χ0n) is 22.0. The molecule has 0 saturated heterocycles. The number of hydrogen-bond donors (Lipinski definition) is 4. The Hall–Kier alpha value is -3.65. The Labute approximate surface area is 231 Å². The minimum Gasteiger partial charge on any atom is -0.475 e. The molecule has 0 aromatic heterocycles. The van der Waals surface area contributed by atoms with Gasteiger partial charge < -0.3 is 21.1 Å². The van der Waals surface area contributed by atoms with Gasteiger partial charge in [0.15, 0.2) is 0 Å². The molecule has 11 heteroatoms. The Morgan fingerprint density at radius 2 is 1.57 bits per heavy atom. The van der Waals surface area contributed by atoms with Crippen LogP contribution in [0, 0.1) is 23.1 Å². The van der Waals surface area contributed by atoms with Crippen LogP contribution in [0.4, 0.5) is 28.0 Å². The molecule has 0 spiro atoms. The van der Waals surface area contributed by atoms with Crippen molar-refractivity contribution >= 4 is 17.7 Å². The molecular formula is C29H34F4N4O3. The van der Waals surface area contributed by atoms with Gasteiger partial charge in [-0.2, -0.15) is 18.4 Å². The molecule has 2 saturated carbocycles. The number of nitrogens with one attached hydrogen (secondary N) is 3. The largest absolute Gasteiger partial charge is 0.490 e. The number of alkyl halides is 3. The molecule has 2 fully saturated rings. The van der Waals surface area contributed by atoms with E-state index in [1.165, 1.54) is 24.8 Å². The number of nitriles is 1. The summed E-state index contributed by atoms with van der Waals surface area (Å²) in [5, 5.41) is 26.1. The highest BCUT2D eigenvalue weighted by Crippen LogP contribution is 2.29. The Bertz CT molecular complexity index is 1160. The normalized spacial score (nSPS) is 22.7. The fourth-order valence-corrected chi connectivity index (χ4v) is 5.29. The van der Waals surface area contributed by atoms with Crippen molar-refractivity contribution in [3.05, 3.63) is 65.5 Å². The van der Waals surface area contributed by atoms with Gasteiger partial charge in [0.1, 0.15) is 5.82 Å². The molecule has 2 aromatic rings. The van der Waals surface area contributed by atoms with E-state index in [1.807, 2.05) is 12.1 Å². The first-order chi connectivity index (χ1) is 19.0. The monoisotopic (exact) mass is 562 g/mol. The number of aliphatic carboxylic acids is 1. The highest BCUT2D eigenvalue weighted by Gasteiger charge is 2.38. The number of urea groups is 1. The molecule has 4 rings (SSSR count). The van der Waals surface area contributed by atoms with Crippen LogP contribution in [-0.2, 0) is 11.2 Å². The zero-order chi connectivity index (χ0) is 29.1. The van der Waals surface area contributed by atoms with Gasteiger partial charge >= 0.3 is 18.2 Å². The van der Waals surface area contributed by atoms with E-state index in [0.29, 0.717) is 23.2 Å². The fraction of sp³-hybridized carbons (Fsp3) is 0.483. The maximum atomic E-state index is 13.1. The van der Waals surface area contributed by atoms with E-state index in [9.17, 15) is 22.4 Å². The summed E-state index contributed by atoms with van der Waals surface area (Å²) in [4.78, 5) is 21.5. The summed E-state index contributed by atoms with van der Waals surface area (Å²) in [5.74, 6) is -2.28. The topological polar surface area (TPSA) is 114 Å². The standard InChI is InChI=1S/C27H33FN4O.C2HF3O2/c28-22-12-8-19(9-13-22)16-20-10-14-23(15-11-20)30-25-6-1-2-7-26(25)32-27(33)31-24-5-3-4-21(17-24)18-29;3-2(4,5)1(6)7/h3-5,8-9,12-13,17,20,23,25-26,30H,1-2,6-7,10-11,14-16H2,(H2,31,32,33);(H,6,7)/t20-,23-,25-,26-;/m0./s1. The zero-order valence-corrected chi connectivity index (χ0v) is 22.0. The van der Waals surface area contributed by atoms with Crippen LogP contribution in [0.2, 0.25) is 0 Å². The quantitative estimate of drug-likeness (QED) is 0.315. The number of carbonyl (C=O) groups is 2. The molecule has 2 aliphatic carbocycles. The maximum absolute atomic E-state index is 13.1. The third kappa shape index (κ3) is 10.2. The van der Waals surface area contributed by atoms with Crippen molar-refractivity contribution in [2.75, 3.05) is 5.32 Å². The number of anilines is 1. The van der Waals surface area contributed by atoms with E-state index >= 15 is 0 Å². The fourth-order valence-electron chi connectivity index (χ4n) is 5.29. The summed E-state index contributed by atoms with van der Waals surface area (Å²) >= 11 is 0. The van der Waals surface area contributed by atoms with Gasteiger partial charge in [-0.1, -0.05) is 31.0 Å². The summed E-state index contributed by atoms with van der Waals surface area (Å²) in [6.07, 6.45) is 4.93. The van der Waals surface area contributed by atoms with Crippen LogP contribution in [0.3, 0.4) is 0 Å². The summed E-state index contributed by atoms with van der Waals surface area (Å²) < 4.78 is 44.9. The van der Waals surface area contributed by atoms with Gasteiger partial charge in [-0.05, 0) is 86.8 Å². The molecule has 0 radical (unpaired) electrons. The number of hydrogen-bond acceptors (Lipinski definition) is 4. The van der Waals surface area contributed by atoms with Gasteiger partial charge in [-0.3, -0.25) is 0 Å². The van der Waals surface area contributed by atoms with Gasteiger partial charge in [-0.15, -0.1) is 0 Å². The van der Waals surface area contributed by atoms with Crippen molar-refractivity contribution in [1.29, 1.82) is 5.26 Å². The third-order valence-corrected chi connectivity index (χ3v) is 7.31. The Morgan fingerprint density at radius 3 is 2.17 bits per heavy atom. The molecule has 0 unspecified atom stereocenters. The number of nitrogens with zero attached hydrogens (tertiary/aromatic N) is 1. The van der Waals surface area contributed by atoms with E-state index in [0.717, 1.165) is 38.5 Å². The first-order valence-electron chi connectivity index (χ1n) is 13.4. The molecule has 2 atom stereocenters. The number of halogens is 4. The van der Waals surface area contributed by atoms with Crippen LogP contribution >= 0.6 is 0 Å². The van der Waals surface area contributed by atoms with Crippen molar-refractivity contribution in [2.45, 2.75) is 82.1 Å². The minimum absolute atomic E-state index is 0.106. The van der Waals surface area contributed by atoms with Crippen LogP contribution in [0.5, 0.6) is 0 Å². The van der Waals surface area contributed by atoms with Gasteiger partial charge in [0, 0.05) is 23.8 Å². The lowest BCUT2D eigenvalue weighted by atomic mass is 9.81. The summed E-state index contributed by atoms with van der Waals surface area (Å²) in [5.41, 5.74) is 2.38. The number of carbonyl (C=O) groups excluding carboxylic acids is 1. The number of carboxylic acids is 1. The molecule has 7 nitrogen and oxygen atoms in total. The Balaban J connectivity index is 0.000000559. The van der Waals surface area contributed by atoms with Gasteiger partial charge in [0.2, 0.25) is 0 Å². The second-order valence-corrected chi connectivity index (χ2v) is 10.3. The van der Waals surface area contributed by atoms with Gasteiger partial charge in [0.05, 0.1) is 11.6 Å². The van der Waals surface area contributed by atoms with Crippen molar-refractivity contribution in [3.8, 4) is 6.07 Å². The second-order valence-electron chi connectivity index (χ2n) is 10.3. The number of amides is 2. The summed E-state index contributed by atoms with van der Waals surface area (Å²) in [7, 11) is 0. The molecule has 0 bridgehead atoms. The highest BCUT2D eigenvalue weighted by molar-refractivity contribution is 5.89. The van der Waals surface area contributed by atoms with Crippen molar-refractivity contribution in [1.82, 2.24) is 10.6 Å². The average Bonchev–Trinajstić information content (AvgIpc) is 2.92. The van der Waals surface area contributed by atoms with Crippen LogP contribution in [0.15, 0.2) is 48.5 Å². The SMILES string of the molecule is N#Cc1cccc(NC(=O)N[C@H]2CCCC[C@@H]2N[C@H]2CC[C@H](Cc3ccc(F)cc3)CC2)c1.O=C(O)C(F)(F)F. The molecular weight excluding hydrogens is 528 g/mol. The van der Waals surface area contributed by atoms with Crippen molar-refractivity contribution in [3.63, 3.8) is 0 Å². The number of rotatable bonds is 6. The van der Waals surface area contributed by atoms with Crippen molar-refractivity contribution < 1.29 is 32.3 Å². The van der Waals surface area contributed by atoms with E-state index in [2.05, 4.69) is 22.0 Å². The second kappa shape index (κ2) is 14.7. The Kier molecular flexibility index (Phi) is 11.3. The first-order valence-corrected chi connectivity index (χ1v) is 13.4. The molecule has 2 amide bonds. The number of carboxylic acid groups (broad SMARTS) is 1. The van der Waals surface area contributed by atoms with Crippen LogP contribution in [0.1, 0.15) is 62.5 Å². The molecule has 0 heterocycles. The predicted molar refractivity (Wildman–Crippen MR) is 142 cm³/mol. The van der Waals surface area contributed by atoms with Gasteiger partial charge in [0.25, 0.3) is 0 Å². The first kappa shape index (κ1) is 30.9. The van der Waals surface area contributed by atoms with E-state index in [4.69, 9.17) is 15.2 Å². The maximum Gasteiger partial charge on any atom is 0.490 e. The van der Waals surface area contributed by atoms with E-state index < -0.39 is 12.1 Å². The Morgan fingerprint density at radius 1 is 0.950 bits per heavy atom. The van der Waals surface area contributed by atoms with Gasteiger partial charge in [-0.25, -0.2) is 14.0 Å². The molecule has 2 aromatic carbocycles. The summed E-state index contributed by atoms with van der Waals surface area (Å²) in [6, 6.07) is 16.6. The predicted octanol–water partition coefficient (Wildman–Crippen LogP) is 6.15. The van der Waals surface area contributed by atoms with E-state index in [1.54, 1.807) is 36.4 Å². The molecule has 40 heavy (non-hydrogen) atoms. The summed E-state index contributed by atoms with van der Waals surface area (Å²) in [6.45, 7) is 0.